The number of rotatable bonds is 3. The number of likely N-dealkylation sites (tertiary alicyclic amines) is 1. The average Bonchev–Trinajstić information content (AvgIpc) is 3.08. The normalized spacial score (nSPS) is 25.9. The summed E-state index contributed by atoms with van der Waals surface area (Å²) in [7, 11) is 0. The predicted molar refractivity (Wildman–Crippen MR) is 88.8 cm³/mol. The van der Waals surface area contributed by atoms with Crippen molar-refractivity contribution >= 4 is 22.7 Å². The number of aromatic amines is 1. The number of benzene rings is 1. The Labute approximate surface area is 135 Å². The maximum atomic E-state index is 12.7. The van der Waals surface area contributed by atoms with E-state index in [9.17, 15) is 9.59 Å². The number of aromatic nitrogens is 1. The number of imide groups is 1. The number of carbonyl (C=O) groups excluding carboxylic acids is 2. The zero-order chi connectivity index (χ0) is 16.0. The van der Waals surface area contributed by atoms with E-state index in [0.29, 0.717) is 6.42 Å². The number of amides is 2. The molecule has 1 aliphatic carbocycles. The fourth-order valence-corrected chi connectivity index (χ4v) is 4.33. The summed E-state index contributed by atoms with van der Waals surface area (Å²) >= 11 is 0. The van der Waals surface area contributed by atoms with Crippen LogP contribution < -0.4 is 0 Å². The van der Waals surface area contributed by atoms with Gasteiger partial charge >= 0.3 is 0 Å². The number of fused-ring (bicyclic) bond motifs is 2. The van der Waals surface area contributed by atoms with Gasteiger partial charge < -0.3 is 4.98 Å². The molecule has 4 nitrogen and oxygen atoms in total. The number of carbonyl (C=O) groups is 2. The van der Waals surface area contributed by atoms with Crippen molar-refractivity contribution in [2.45, 2.75) is 45.1 Å². The highest BCUT2D eigenvalue weighted by Crippen LogP contribution is 2.39. The first-order chi connectivity index (χ1) is 11.2. The molecule has 2 aromatic rings. The van der Waals surface area contributed by atoms with Crippen LogP contribution in [0.25, 0.3) is 10.9 Å². The third kappa shape index (κ3) is 2.28. The molecule has 0 unspecified atom stereocenters. The quantitative estimate of drug-likeness (QED) is 0.885. The van der Waals surface area contributed by atoms with Crippen molar-refractivity contribution in [2.75, 3.05) is 0 Å². The van der Waals surface area contributed by atoms with Crippen molar-refractivity contribution in [2.24, 2.45) is 11.8 Å². The highest BCUT2D eigenvalue weighted by Gasteiger charge is 2.49. The van der Waals surface area contributed by atoms with Gasteiger partial charge in [-0.1, -0.05) is 31.0 Å². The minimum Gasteiger partial charge on any atom is -0.361 e. The van der Waals surface area contributed by atoms with Crippen molar-refractivity contribution in [1.82, 2.24) is 9.88 Å². The lowest BCUT2D eigenvalue weighted by atomic mass is 9.81. The lowest BCUT2D eigenvalue weighted by Gasteiger charge is -2.23. The van der Waals surface area contributed by atoms with E-state index in [2.05, 4.69) is 11.1 Å². The maximum Gasteiger partial charge on any atom is 0.233 e. The number of H-pyrrole nitrogens is 1. The summed E-state index contributed by atoms with van der Waals surface area (Å²) in [6.07, 6.45) is 6.62. The van der Waals surface area contributed by atoms with Gasteiger partial charge in [-0.15, -0.1) is 0 Å². The second-order valence-corrected chi connectivity index (χ2v) is 6.96. The summed E-state index contributed by atoms with van der Waals surface area (Å²) in [4.78, 5) is 30.2. The average molecular weight is 310 g/mol. The van der Waals surface area contributed by atoms with Crippen LogP contribution in [-0.4, -0.2) is 27.7 Å². The third-order valence-corrected chi connectivity index (χ3v) is 5.51. The van der Waals surface area contributed by atoms with E-state index in [0.717, 1.165) is 31.2 Å². The molecule has 0 radical (unpaired) electrons. The molecule has 1 aromatic heterocycles. The molecule has 2 heterocycles. The van der Waals surface area contributed by atoms with Crippen LogP contribution in [0.1, 0.15) is 38.2 Å². The Morgan fingerprint density at radius 2 is 1.78 bits per heavy atom. The summed E-state index contributed by atoms with van der Waals surface area (Å²) in [5, 5.41) is 1.18. The Kier molecular flexibility index (Phi) is 3.47. The number of nitrogens with zero attached hydrogens (tertiary/aromatic N) is 1. The van der Waals surface area contributed by atoms with Crippen LogP contribution in [0.3, 0.4) is 0 Å². The zero-order valence-electron chi connectivity index (χ0n) is 13.4. The lowest BCUT2D eigenvalue weighted by molar-refractivity contribution is -0.142. The van der Waals surface area contributed by atoms with Gasteiger partial charge in [0, 0.05) is 23.1 Å². The monoisotopic (exact) mass is 310 g/mol. The van der Waals surface area contributed by atoms with E-state index in [1.165, 1.54) is 10.9 Å². The van der Waals surface area contributed by atoms with Crippen LogP contribution in [0.2, 0.25) is 0 Å². The number of para-hydroxylation sites is 1. The minimum atomic E-state index is -0.0835. The molecule has 3 atom stereocenters. The summed E-state index contributed by atoms with van der Waals surface area (Å²) in [5.74, 6) is 0.0161. The molecule has 1 saturated carbocycles. The predicted octanol–water partition coefficient (Wildman–Crippen LogP) is 3.27. The van der Waals surface area contributed by atoms with Crippen molar-refractivity contribution in [3.63, 3.8) is 0 Å². The van der Waals surface area contributed by atoms with Crippen LogP contribution in [-0.2, 0) is 16.0 Å². The zero-order valence-corrected chi connectivity index (χ0v) is 13.4. The second-order valence-electron chi connectivity index (χ2n) is 6.96. The van der Waals surface area contributed by atoms with Crippen molar-refractivity contribution in [1.29, 1.82) is 0 Å². The van der Waals surface area contributed by atoms with E-state index in [1.54, 1.807) is 4.90 Å². The van der Waals surface area contributed by atoms with E-state index in [4.69, 9.17) is 0 Å². The van der Waals surface area contributed by atoms with Gasteiger partial charge in [0.1, 0.15) is 0 Å². The van der Waals surface area contributed by atoms with Gasteiger partial charge in [0.05, 0.1) is 11.8 Å². The van der Waals surface area contributed by atoms with Gasteiger partial charge in [-0.3, -0.25) is 14.5 Å². The van der Waals surface area contributed by atoms with E-state index in [1.807, 2.05) is 31.3 Å². The molecule has 1 N–H and O–H groups in total. The molecular formula is C19H22N2O2. The molecule has 2 aliphatic rings. The fraction of sp³-hybridized carbons (Fsp3) is 0.474. The smallest absolute Gasteiger partial charge is 0.233 e. The first kappa shape index (κ1) is 14.5. The topological polar surface area (TPSA) is 53.2 Å². The molecule has 4 heteroatoms. The Hall–Kier alpha value is -2.10. The van der Waals surface area contributed by atoms with Crippen LogP contribution in [0, 0.1) is 11.8 Å². The fourth-order valence-electron chi connectivity index (χ4n) is 4.33. The molecular weight excluding hydrogens is 288 g/mol. The molecule has 4 rings (SSSR count). The van der Waals surface area contributed by atoms with E-state index < -0.39 is 0 Å². The largest absolute Gasteiger partial charge is 0.361 e. The molecule has 2 fully saturated rings. The number of hydrogen-bond donors (Lipinski definition) is 1. The summed E-state index contributed by atoms with van der Waals surface area (Å²) < 4.78 is 0. The highest BCUT2D eigenvalue weighted by atomic mass is 16.2. The summed E-state index contributed by atoms with van der Waals surface area (Å²) in [6, 6.07) is 8.07. The SMILES string of the molecule is C[C@H](Cc1c[nH]c2ccccc12)N1C(=O)[C@H]2CCCC[C@H]2C1=O. The first-order valence-corrected chi connectivity index (χ1v) is 8.58. The van der Waals surface area contributed by atoms with Crippen molar-refractivity contribution < 1.29 is 9.59 Å². The molecule has 1 aromatic carbocycles. The first-order valence-electron chi connectivity index (χ1n) is 8.58. The molecule has 1 aliphatic heterocycles. The van der Waals surface area contributed by atoms with Crippen molar-refractivity contribution in [3.8, 4) is 0 Å². The van der Waals surface area contributed by atoms with Gasteiger partial charge in [-0.2, -0.15) is 0 Å². The van der Waals surface area contributed by atoms with Gasteiger partial charge in [-0.25, -0.2) is 0 Å². The van der Waals surface area contributed by atoms with Crippen LogP contribution >= 0.6 is 0 Å². The molecule has 2 amide bonds. The van der Waals surface area contributed by atoms with Crippen molar-refractivity contribution in [3.05, 3.63) is 36.0 Å². The number of nitrogens with one attached hydrogen (secondary N) is 1. The molecule has 0 spiro atoms. The van der Waals surface area contributed by atoms with Crippen LogP contribution in [0.5, 0.6) is 0 Å². The van der Waals surface area contributed by atoms with E-state index in [-0.39, 0.29) is 29.7 Å². The minimum absolute atomic E-state index is 0.0540. The standard InChI is InChI=1S/C19H22N2O2/c1-12(10-13-11-20-17-9-5-4-6-14(13)17)21-18(22)15-7-2-3-8-16(15)19(21)23/h4-6,9,11-12,15-16,20H,2-3,7-8,10H2,1H3/t12-,15-,16+/m1/s1. The summed E-state index contributed by atoms with van der Waals surface area (Å²) in [6.45, 7) is 1.99. The maximum absolute atomic E-state index is 12.7. The number of hydrogen-bond acceptors (Lipinski definition) is 2. The third-order valence-electron chi connectivity index (χ3n) is 5.51. The highest BCUT2D eigenvalue weighted by molar-refractivity contribution is 6.05. The van der Waals surface area contributed by atoms with E-state index >= 15 is 0 Å². The van der Waals surface area contributed by atoms with Crippen LogP contribution in [0.15, 0.2) is 30.5 Å². The molecule has 23 heavy (non-hydrogen) atoms. The van der Waals surface area contributed by atoms with Gasteiger partial charge in [0.15, 0.2) is 0 Å². The Balaban J connectivity index is 1.58. The molecule has 0 bridgehead atoms. The van der Waals surface area contributed by atoms with Gasteiger partial charge in [0.2, 0.25) is 11.8 Å². The molecule has 120 valence electrons. The second kappa shape index (κ2) is 5.52. The summed E-state index contributed by atoms with van der Waals surface area (Å²) in [5.41, 5.74) is 2.27. The Morgan fingerprint density at radius 1 is 1.13 bits per heavy atom. The van der Waals surface area contributed by atoms with Crippen LogP contribution in [0.4, 0.5) is 0 Å². The van der Waals surface area contributed by atoms with Gasteiger partial charge in [-0.05, 0) is 37.8 Å². The Morgan fingerprint density at radius 3 is 2.48 bits per heavy atom. The van der Waals surface area contributed by atoms with Gasteiger partial charge in [0.25, 0.3) is 0 Å². The Bertz CT molecular complexity index is 740. The lowest BCUT2D eigenvalue weighted by Crippen LogP contribution is -2.40. The molecule has 1 saturated heterocycles.